The maximum atomic E-state index is 5.70. The normalized spacial score (nSPS) is 10.1. The summed E-state index contributed by atoms with van der Waals surface area (Å²) in [6, 6.07) is 7.45. The van der Waals surface area contributed by atoms with Gasteiger partial charge in [-0.2, -0.15) is 4.37 Å². The molecule has 0 aliphatic heterocycles. The fourth-order valence-electron chi connectivity index (χ4n) is 1.22. The molecule has 0 unspecified atom stereocenters. The summed E-state index contributed by atoms with van der Waals surface area (Å²) in [5.41, 5.74) is 6.38. The number of methoxy groups -OCH3 is 1. The first-order valence-corrected chi connectivity index (χ1v) is 5.53. The molecule has 0 amide bonds. The average Bonchev–Trinajstić information content (AvgIpc) is 2.72. The molecule has 1 aromatic carbocycles. The van der Waals surface area contributed by atoms with E-state index in [0.29, 0.717) is 12.3 Å². The number of rotatable bonds is 4. The minimum absolute atomic E-state index is 0.434. The maximum absolute atomic E-state index is 5.70. The van der Waals surface area contributed by atoms with Crippen LogP contribution in [0.2, 0.25) is 0 Å². The van der Waals surface area contributed by atoms with Gasteiger partial charge in [-0.15, -0.1) is 0 Å². The van der Waals surface area contributed by atoms with Crippen LogP contribution in [0.15, 0.2) is 30.5 Å². The molecular weight excluding hydrogens is 224 g/mol. The topological polar surface area (TPSA) is 57.4 Å². The van der Waals surface area contributed by atoms with Gasteiger partial charge in [0.2, 0.25) is 0 Å². The fraction of sp³-hybridized carbons (Fsp3) is 0.182. The van der Waals surface area contributed by atoms with Gasteiger partial charge >= 0.3 is 0 Å². The predicted molar refractivity (Wildman–Crippen MR) is 63.9 cm³/mol. The van der Waals surface area contributed by atoms with Crippen LogP contribution < -0.4 is 15.2 Å². The number of nitrogens with two attached hydrogens (primary N) is 1. The van der Waals surface area contributed by atoms with Crippen LogP contribution in [-0.2, 0) is 6.61 Å². The van der Waals surface area contributed by atoms with Crippen molar-refractivity contribution in [3.8, 4) is 11.5 Å². The van der Waals surface area contributed by atoms with E-state index in [4.69, 9.17) is 15.2 Å². The van der Waals surface area contributed by atoms with Gasteiger partial charge in [0.25, 0.3) is 0 Å². The van der Waals surface area contributed by atoms with Gasteiger partial charge in [0.1, 0.15) is 18.1 Å². The standard InChI is InChI=1S/C11H12N2O2S/c1-14-8-3-2-4-9(5-8)15-7-11-10(12)6-13-16-11/h2-6H,7,12H2,1H3. The van der Waals surface area contributed by atoms with Crippen LogP contribution in [0.1, 0.15) is 4.88 Å². The van der Waals surface area contributed by atoms with Gasteiger partial charge in [-0.1, -0.05) is 6.07 Å². The predicted octanol–water partition coefficient (Wildman–Crippen LogP) is 2.31. The Kier molecular flexibility index (Phi) is 3.26. The summed E-state index contributed by atoms with van der Waals surface area (Å²) in [5.74, 6) is 1.53. The van der Waals surface area contributed by atoms with Gasteiger partial charge in [-0.25, -0.2) is 0 Å². The van der Waals surface area contributed by atoms with E-state index in [0.717, 1.165) is 16.4 Å². The first-order chi connectivity index (χ1) is 7.79. The largest absolute Gasteiger partial charge is 0.497 e. The molecular formula is C11H12N2O2S. The Hall–Kier alpha value is -1.75. The Balaban J connectivity index is 2.02. The molecule has 4 nitrogen and oxygen atoms in total. The number of anilines is 1. The lowest BCUT2D eigenvalue weighted by molar-refractivity contribution is 0.307. The van der Waals surface area contributed by atoms with Crippen molar-refractivity contribution < 1.29 is 9.47 Å². The van der Waals surface area contributed by atoms with Crippen molar-refractivity contribution in [1.82, 2.24) is 4.37 Å². The molecule has 0 bridgehead atoms. The Morgan fingerprint density at radius 2 is 2.19 bits per heavy atom. The molecule has 5 heteroatoms. The summed E-state index contributed by atoms with van der Waals surface area (Å²) in [6.07, 6.45) is 1.63. The van der Waals surface area contributed by atoms with E-state index >= 15 is 0 Å². The molecule has 0 atom stereocenters. The van der Waals surface area contributed by atoms with Gasteiger partial charge < -0.3 is 15.2 Å². The van der Waals surface area contributed by atoms with E-state index in [9.17, 15) is 0 Å². The first kappa shape index (κ1) is 10.8. The van der Waals surface area contributed by atoms with Crippen LogP contribution in [0.25, 0.3) is 0 Å². The summed E-state index contributed by atoms with van der Waals surface area (Å²) in [7, 11) is 1.63. The lowest BCUT2D eigenvalue weighted by Crippen LogP contribution is -1.96. The van der Waals surface area contributed by atoms with Crippen molar-refractivity contribution in [3.05, 3.63) is 35.3 Å². The zero-order valence-corrected chi connectivity index (χ0v) is 9.66. The third kappa shape index (κ3) is 2.43. The number of nitrogens with zero attached hydrogens (tertiary/aromatic N) is 1. The third-order valence-electron chi connectivity index (χ3n) is 2.09. The van der Waals surface area contributed by atoms with Crippen LogP contribution in [0, 0.1) is 0 Å². The molecule has 2 aromatic rings. The third-order valence-corrected chi connectivity index (χ3v) is 2.87. The highest BCUT2D eigenvalue weighted by Gasteiger charge is 2.03. The highest BCUT2D eigenvalue weighted by molar-refractivity contribution is 7.06. The van der Waals surface area contributed by atoms with Crippen LogP contribution in [0.5, 0.6) is 11.5 Å². The molecule has 1 aromatic heterocycles. The first-order valence-electron chi connectivity index (χ1n) is 4.75. The second-order valence-electron chi connectivity index (χ2n) is 3.17. The highest BCUT2D eigenvalue weighted by atomic mass is 32.1. The Bertz CT molecular complexity index is 471. The summed E-state index contributed by atoms with van der Waals surface area (Å²) in [5, 5.41) is 0. The molecule has 0 saturated carbocycles. The number of hydrogen-bond donors (Lipinski definition) is 1. The lowest BCUT2D eigenvalue weighted by Gasteiger charge is -2.06. The Morgan fingerprint density at radius 3 is 2.88 bits per heavy atom. The van der Waals surface area contributed by atoms with E-state index in [-0.39, 0.29) is 0 Å². The zero-order chi connectivity index (χ0) is 11.4. The van der Waals surface area contributed by atoms with E-state index in [2.05, 4.69) is 4.37 Å². The fourth-order valence-corrected chi connectivity index (χ4v) is 1.78. The van der Waals surface area contributed by atoms with Crippen molar-refractivity contribution in [1.29, 1.82) is 0 Å². The Morgan fingerprint density at radius 1 is 1.38 bits per heavy atom. The van der Waals surface area contributed by atoms with Crippen molar-refractivity contribution in [2.45, 2.75) is 6.61 Å². The Labute approximate surface area is 97.8 Å². The summed E-state index contributed by atoms with van der Waals surface area (Å²) in [4.78, 5) is 0.933. The molecule has 0 spiro atoms. The minimum Gasteiger partial charge on any atom is -0.497 e. The van der Waals surface area contributed by atoms with Crippen LogP contribution >= 0.6 is 11.5 Å². The molecule has 0 aliphatic carbocycles. The molecule has 2 rings (SSSR count). The second kappa shape index (κ2) is 4.85. The molecule has 2 N–H and O–H groups in total. The van der Waals surface area contributed by atoms with E-state index in [1.807, 2.05) is 24.3 Å². The average molecular weight is 236 g/mol. The van der Waals surface area contributed by atoms with Gasteiger partial charge in [0, 0.05) is 6.07 Å². The van der Waals surface area contributed by atoms with Crippen LogP contribution in [0.4, 0.5) is 5.69 Å². The van der Waals surface area contributed by atoms with Crippen molar-refractivity contribution >= 4 is 17.2 Å². The number of hydrogen-bond acceptors (Lipinski definition) is 5. The summed E-state index contributed by atoms with van der Waals surface area (Å²) < 4.78 is 14.7. The lowest BCUT2D eigenvalue weighted by atomic mass is 10.3. The van der Waals surface area contributed by atoms with E-state index in [1.54, 1.807) is 13.3 Å². The SMILES string of the molecule is COc1cccc(OCc2sncc2N)c1. The van der Waals surface area contributed by atoms with Crippen LogP contribution in [0.3, 0.4) is 0 Å². The smallest absolute Gasteiger partial charge is 0.126 e. The number of benzene rings is 1. The summed E-state index contributed by atoms with van der Waals surface area (Å²) in [6.45, 7) is 0.434. The van der Waals surface area contributed by atoms with Crippen molar-refractivity contribution in [2.75, 3.05) is 12.8 Å². The van der Waals surface area contributed by atoms with Gasteiger partial charge in [0.05, 0.1) is 23.9 Å². The molecule has 16 heavy (non-hydrogen) atoms. The molecule has 84 valence electrons. The highest BCUT2D eigenvalue weighted by Crippen LogP contribution is 2.22. The van der Waals surface area contributed by atoms with E-state index in [1.165, 1.54) is 11.5 Å². The molecule has 0 fully saturated rings. The quantitative estimate of drug-likeness (QED) is 0.885. The van der Waals surface area contributed by atoms with Crippen molar-refractivity contribution in [3.63, 3.8) is 0 Å². The molecule has 0 radical (unpaired) electrons. The van der Waals surface area contributed by atoms with Crippen molar-refractivity contribution in [2.24, 2.45) is 0 Å². The number of ether oxygens (including phenoxy) is 2. The number of aromatic nitrogens is 1. The molecule has 1 heterocycles. The maximum Gasteiger partial charge on any atom is 0.126 e. The molecule has 0 saturated heterocycles. The van der Waals surface area contributed by atoms with Crippen LogP contribution in [-0.4, -0.2) is 11.5 Å². The number of nitrogen functional groups attached to an aromatic ring is 1. The zero-order valence-electron chi connectivity index (χ0n) is 8.84. The van der Waals surface area contributed by atoms with E-state index < -0.39 is 0 Å². The van der Waals surface area contributed by atoms with Gasteiger partial charge in [-0.3, -0.25) is 0 Å². The molecule has 0 aliphatic rings. The summed E-state index contributed by atoms with van der Waals surface area (Å²) >= 11 is 1.35. The minimum atomic E-state index is 0.434. The van der Waals surface area contributed by atoms with Gasteiger partial charge in [-0.05, 0) is 23.7 Å². The second-order valence-corrected chi connectivity index (χ2v) is 4.06. The van der Waals surface area contributed by atoms with Gasteiger partial charge in [0.15, 0.2) is 0 Å². The monoisotopic (exact) mass is 236 g/mol.